The van der Waals surface area contributed by atoms with Crippen LogP contribution >= 0.6 is 0 Å². The van der Waals surface area contributed by atoms with Crippen LogP contribution in [0.1, 0.15) is 27.2 Å². The number of amides is 1. The molecule has 3 nitrogen and oxygen atoms in total. The van der Waals surface area contributed by atoms with E-state index in [9.17, 15) is 4.79 Å². The second-order valence-corrected chi connectivity index (χ2v) is 3.75. The molecule has 0 fully saturated rings. The van der Waals surface area contributed by atoms with E-state index < -0.39 is 0 Å². The first-order valence-corrected chi connectivity index (χ1v) is 4.47. The molecule has 0 aliphatic carbocycles. The van der Waals surface area contributed by atoms with Crippen LogP contribution in [0.2, 0.25) is 0 Å². The van der Waals surface area contributed by atoms with Crippen molar-refractivity contribution in [1.29, 1.82) is 5.26 Å². The summed E-state index contributed by atoms with van der Waals surface area (Å²) in [6, 6.07) is 2.17. The van der Waals surface area contributed by atoms with Gasteiger partial charge in [0.2, 0.25) is 5.91 Å². The number of rotatable bonds is 1. The number of hydrogen-bond acceptors (Lipinski definition) is 2. The molecule has 1 aliphatic heterocycles. The summed E-state index contributed by atoms with van der Waals surface area (Å²) >= 11 is 0. The van der Waals surface area contributed by atoms with E-state index in [0.29, 0.717) is 12.3 Å². The normalized spacial score (nSPS) is 23.0. The Labute approximate surface area is 78.4 Å². The number of hydrogen-bond donors (Lipinski definition) is 1. The van der Waals surface area contributed by atoms with Gasteiger partial charge in [0.15, 0.2) is 0 Å². The minimum atomic E-state index is 0.0233. The molecule has 0 bridgehead atoms. The van der Waals surface area contributed by atoms with Crippen LogP contribution in [0, 0.1) is 23.2 Å². The molecule has 1 heterocycles. The van der Waals surface area contributed by atoms with Gasteiger partial charge in [-0.05, 0) is 12.8 Å². The first-order chi connectivity index (χ1) is 6.06. The van der Waals surface area contributed by atoms with Gasteiger partial charge in [-0.2, -0.15) is 5.26 Å². The van der Waals surface area contributed by atoms with Crippen LogP contribution in [0.25, 0.3) is 0 Å². The van der Waals surface area contributed by atoms with Gasteiger partial charge in [0.25, 0.3) is 0 Å². The molecule has 0 unspecified atom stereocenters. The largest absolute Gasteiger partial charge is 0.329 e. The maximum atomic E-state index is 11.2. The van der Waals surface area contributed by atoms with Crippen LogP contribution < -0.4 is 5.32 Å². The summed E-state index contributed by atoms with van der Waals surface area (Å²) in [5, 5.41) is 11.6. The second-order valence-electron chi connectivity index (χ2n) is 3.75. The van der Waals surface area contributed by atoms with Crippen molar-refractivity contribution in [2.75, 3.05) is 0 Å². The highest BCUT2D eigenvalue weighted by atomic mass is 16.1. The van der Waals surface area contributed by atoms with Crippen LogP contribution in [0.5, 0.6) is 0 Å². The van der Waals surface area contributed by atoms with E-state index >= 15 is 0 Å². The lowest BCUT2D eigenvalue weighted by Crippen LogP contribution is -2.33. The number of carbonyl (C=O) groups is 1. The molecule has 13 heavy (non-hydrogen) atoms. The van der Waals surface area contributed by atoms with Crippen molar-refractivity contribution < 1.29 is 4.79 Å². The SMILES string of the molecule is CC1=C(C#N)[C@@H](C(C)C)CC(=O)N1. The van der Waals surface area contributed by atoms with Gasteiger partial charge in [-0.3, -0.25) is 4.79 Å². The third-order valence-electron chi connectivity index (χ3n) is 2.43. The van der Waals surface area contributed by atoms with E-state index in [-0.39, 0.29) is 11.8 Å². The Hall–Kier alpha value is -1.30. The Bertz CT molecular complexity index is 297. The molecule has 1 rings (SSSR count). The molecule has 3 heteroatoms. The van der Waals surface area contributed by atoms with E-state index in [1.165, 1.54) is 0 Å². The zero-order valence-electron chi connectivity index (χ0n) is 8.22. The molecule has 1 aliphatic rings. The van der Waals surface area contributed by atoms with Crippen LogP contribution in [0.3, 0.4) is 0 Å². The lowest BCUT2D eigenvalue weighted by molar-refractivity contribution is -0.121. The summed E-state index contributed by atoms with van der Waals surface area (Å²) in [5.74, 6) is 0.463. The van der Waals surface area contributed by atoms with Gasteiger partial charge in [0, 0.05) is 18.0 Å². The highest BCUT2D eigenvalue weighted by Gasteiger charge is 2.27. The summed E-state index contributed by atoms with van der Waals surface area (Å²) in [4.78, 5) is 11.2. The number of nitrogens with one attached hydrogen (secondary N) is 1. The molecule has 1 N–H and O–H groups in total. The van der Waals surface area contributed by atoms with Gasteiger partial charge in [-0.15, -0.1) is 0 Å². The summed E-state index contributed by atoms with van der Waals surface area (Å²) in [7, 11) is 0. The third kappa shape index (κ3) is 1.89. The average Bonchev–Trinajstić information content (AvgIpc) is 2.02. The first-order valence-electron chi connectivity index (χ1n) is 4.47. The van der Waals surface area contributed by atoms with Gasteiger partial charge in [-0.1, -0.05) is 13.8 Å². The Kier molecular flexibility index (Phi) is 2.72. The minimum Gasteiger partial charge on any atom is -0.329 e. The first kappa shape index (κ1) is 9.79. The quantitative estimate of drug-likeness (QED) is 0.662. The van der Waals surface area contributed by atoms with Gasteiger partial charge in [0.1, 0.15) is 0 Å². The zero-order valence-corrected chi connectivity index (χ0v) is 8.22. The summed E-state index contributed by atoms with van der Waals surface area (Å²) in [5.41, 5.74) is 1.45. The zero-order chi connectivity index (χ0) is 10.0. The molecule has 0 saturated heterocycles. The third-order valence-corrected chi connectivity index (χ3v) is 2.43. The Morgan fingerprint density at radius 1 is 1.62 bits per heavy atom. The van der Waals surface area contributed by atoms with Crippen molar-refractivity contribution in [3.05, 3.63) is 11.3 Å². The highest BCUT2D eigenvalue weighted by Crippen LogP contribution is 2.28. The smallest absolute Gasteiger partial charge is 0.224 e. The average molecular weight is 178 g/mol. The Balaban J connectivity index is 3.02. The number of nitriles is 1. The van der Waals surface area contributed by atoms with Crippen molar-refractivity contribution in [2.24, 2.45) is 11.8 Å². The van der Waals surface area contributed by atoms with Crippen molar-refractivity contribution in [3.8, 4) is 6.07 Å². The number of carbonyl (C=O) groups excluding carboxylic acids is 1. The fourth-order valence-electron chi connectivity index (χ4n) is 1.64. The molecular formula is C10H14N2O. The molecule has 70 valence electrons. The van der Waals surface area contributed by atoms with E-state index in [2.05, 4.69) is 11.4 Å². The van der Waals surface area contributed by atoms with E-state index in [0.717, 1.165) is 11.3 Å². The summed E-state index contributed by atoms with van der Waals surface area (Å²) in [6.07, 6.45) is 0.442. The maximum Gasteiger partial charge on any atom is 0.224 e. The molecule has 0 aromatic rings. The summed E-state index contributed by atoms with van der Waals surface area (Å²) in [6.45, 7) is 5.85. The van der Waals surface area contributed by atoms with Crippen LogP contribution in [-0.2, 0) is 4.79 Å². The van der Waals surface area contributed by atoms with Crippen molar-refractivity contribution in [3.63, 3.8) is 0 Å². The van der Waals surface area contributed by atoms with E-state index in [1.807, 2.05) is 13.8 Å². The fraction of sp³-hybridized carbons (Fsp3) is 0.600. The molecule has 1 atom stereocenters. The Morgan fingerprint density at radius 3 is 2.69 bits per heavy atom. The van der Waals surface area contributed by atoms with Gasteiger partial charge in [-0.25, -0.2) is 0 Å². The molecule has 0 aromatic heterocycles. The lowest BCUT2D eigenvalue weighted by atomic mass is 9.83. The lowest BCUT2D eigenvalue weighted by Gasteiger charge is -2.26. The highest BCUT2D eigenvalue weighted by molar-refractivity contribution is 5.80. The van der Waals surface area contributed by atoms with Crippen molar-refractivity contribution >= 4 is 5.91 Å². The predicted octanol–water partition coefficient (Wildman–Crippen LogP) is 1.58. The molecular weight excluding hydrogens is 164 g/mol. The van der Waals surface area contributed by atoms with Crippen molar-refractivity contribution in [2.45, 2.75) is 27.2 Å². The molecule has 0 spiro atoms. The van der Waals surface area contributed by atoms with Crippen LogP contribution in [0.15, 0.2) is 11.3 Å². The van der Waals surface area contributed by atoms with Gasteiger partial charge in [0.05, 0.1) is 11.6 Å². The van der Waals surface area contributed by atoms with E-state index in [4.69, 9.17) is 5.26 Å². The predicted molar refractivity (Wildman–Crippen MR) is 49.4 cm³/mol. The fourth-order valence-corrected chi connectivity index (χ4v) is 1.64. The topological polar surface area (TPSA) is 52.9 Å². The second kappa shape index (κ2) is 3.61. The molecule has 0 radical (unpaired) electrons. The van der Waals surface area contributed by atoms with Crippen molar-refractivity contribution in [1.82, 2.24) is 5.32 Å². The maximum absolute atomic E-state index is 11.2. The van der Waals surface area contributed by atoms with Crippen LogP contribution in [-0.4, -0.2) is 5.91 Å². The molecule has 0 aromatic carbocycles. The van der Waals surface area contributed by atoms with Gasteiger partial charge < -0.3 is 5.32 Å². The monoisotopic (exact) mass is 178 g/mol. The Morgan fingerprint density at radius 2 is 2.23 bits per heavy atom. The van der Waals surface area contributed by atoms with Gasteiger partial charge >= 0.3 is 0 Å². The summed E-state index contributed by atoms with van der Waals surface area (Å²) < 4.78 is 0. The number of allylic oxidation sites excluding steroid dienone is 2. The van der Waals surface area contributed by atoms with Crippen LogP contribution in [0.4, 0.5) is 0 Å². The molecule has 1 amide bonds. The number of nitrogens with zero attached hydrogens (tertiary/aromatic N) is 1. The molecule has 0 saturated carbocycles. The minimum absolute atomic E-state index is 0.0233. The van der Waals surface area contributed by atoms with E-state index in [1.54, 1.807) is 6.92 Å². The standard InChI is InChI=1S/C10H14N2O/c1-6(2)8-4-10(13)12-7(3)9(8)5-11/h6,8H,4H2,1-3H3,(H,12,13)/t8-/m1/s1.